The van der Waals surface area contributed by atoms with Crippen molar-refractivity contribution in [3.05, 3.63) is 52.7 Å². The molecule has 3 aliphatic rings. The molecule has 1 aromatic carbocycles. The summed E-state index contributed by atoms with van der Waals surface area (Å²) in [5.41, 5.74) is -1.43. The summed E-state index contributed by atoms with van der Waals surface area (Å²) in [6.45, 7) is 3.04. The van der Waals surface area contributed by atoms with Crippen LogP contribution in [0.5, 0.6) is 0 Å². The number of amides is 4. The van der Waals surface area contributed by atoms with E-state index in [0.717, 1.165) is 12.8 Å². The average molecular weight is 706 g/mol. The Hall–Kier alpha value is -4.64. The van der Waals surface area contributed by atoms with Gasteiger partial charge in [0, 0.05) is 58.0 Å². The molecule has 262 valence electrons. The van der Waals surface area contributed by atoms with E-state index >= 15 is 0 Å². The molecule has 0 atom stereocenters. The highest BCUT2D eigenvalue weighted by Gasteiger charge is 2.40. The Morgan fingerprint density at radius 3 is 2.45 bits per heavy atom. The summed E-state index contributed by atoms with van der Waals surface area (Å²) in [7, 11) is 1.44. The van der Waals surface area contributed by atoms with E-state index in [-0.39, 0.29) is 84.1 Å². The van der Waals surface area contributed by atoms with Crippen molar-refractivity contribution in [1.29, 1.82) is 0 Å². The molecule has 4 amide bonds. The monoisotopic (exact) mass is 705 g/mol. The lowest BCUT2D eigenvalue weighted by Gasteiger charge is -2.38. The van der Waals surface area contributed by atoms with E-state index < -0.39 is 23.4 Å². The molecule has 3 fully saturated rings. The van der Waals surface area contributed by atoms with Gasteiger partial charge in [0.25, 0.3) is 18.3 Å². The van der Waals surface area contributed by atoms with Crippen LogP contribution in [-0.4, -0.2) is 105 Å². The molecular formula is C31H35ClF3N9O5. The standard InChI is InChI=1S/C31H35ClF3N9O5/c1-41-24(22-16-44(20-3-4-20)40-25(22)31(33,34)35)15-37-26(41)27(46)39-19-2-5-21(23(32)14-19)28(47)42-10-12-43(13-11-42)29(48)38-17-30(49-18-45)6-8-36-9-7-30/h2,5,14-16,18,20,36H,3-4,6-13,17H2,1H3,(H,38,48)(H,39,46). The van der Waals surface area contributed by atoms with Crippen LogP contribution in [0, 0.1) is 0 Å². The van der Waals surface area contributed by atoms with E-state index in [0.29, 0.717) is 32.4 Å². The van der Waals surface area contributed by atoms with Crippen molar-refractivity contribution in [2.24, 2.45) is 7.05 Å². The van der Waals surface area contributed by atoms with Crippen LogP contribution in [0.15, 0.2) is 30.6 Å². The van der Waals surface area contributed by atoms with Gasteiger partial charge in [0.2, 0.25) is 0 Å². The normalized spacial score (nSPS) is 17.8. The van der Waals surface area contributed by atoms with Gasteiger partial charge in [-0.3, -0.25) is 19.1 Å². The zero-order valence-corrected chi connectivity index (χ0v) is 27.3. The number of nitrogens with one attached hydrogen (secondary N) is 3. The molecule has 3 aromatic rings. The maximum atomic E-state index is 13.8. The summed E-state index contributed by atoms with van der Waals surface area (Å²) in [6.07, 6.45) is 0.512. The Kier molecular flexibility index (Phi) is 9.57. The van der Waals surface area contributed by atoms with Crippen molar-refractivity contribution in [2.75, 3.05) is 51.1 Å². The van der Waals surface area contributed by atoms with E-state index in [1.165, 1.54) is 46.9 Å². The molecule has 6 rings (SSSR count). The number of anilines is 1. The second-order valence-electron chi connectivity index (χ2n) is 12.4. The van der Waals surface area contributed by atoms with Gasteiger partial charge in [-0.2, -0.15) is 18.3 Å². The first-order valence-corrected chi connectivity index (χ1v) is 16.2. The van der Waals surface area contributed by atoms with Gasteiger partial charge in [0.05, 0.1) is 40.6 Å². The van der Waals surface area contributed by atoms with E-state index in [9.17, 15) is 32.3 Å². The lowest BCUT2D eigenvalue weighted by atomic mass is 9.92. The van der Waals surface area contributed by atoms with Gasteiger partial charge in [-0.1, -0.05) is 11.6 Å². The fourth-order valence-electron chi connectivity index (χ4n) is 6.09. The van der Waals surface area contributed by atoms with Crippen LogP contribution in [0.1, 0.15) is 58.4 Å². The Labute approximate surface area is 283 Å². The highest BCUT2D eigenvalue weighted by atomic mass is 35.5. The Morgan fingerprint density at radius 1 is 1.12 bits per heavy atom. The second-order valence-corrected chi connectivity index (χ2v) is 12.8. The number of rotatable bonds is 9. The van der Waals surface area contributed by atoms with Crippen molar-refractivity contribution >= 4 is 41.6 Å². The fourth-order valence-corrected chi connectivity index (χ4v) is 6.35. The number of piperidine rings is 1. The summed E-state index contributed by atoms with van der Waals surface area (Å²) < 4.78 is 49.2. The fraction of sp³-hybridized carbons (Fsp3) is 0.484. The molecular weight excluding hydrogens is 671 g/mol. The molecule has 0 unspecified atom stereocenters. The van der Waals surface area contributed by atoms with Crippen molar-refractivity contribution in [3.8, 4) is 11.3 Å². The third kappa shape index (κ3) is 7.36. The van der Waals surface area contributed by atoms with Crippen LogP contribution in [-0.2, 0) is 22.8 Å². The minimum Gasteiger partial charge on any atom is -0.459 e. The molecule has 1 saturated carbocycles. The van der Waals surface area contributed by atoms with Crippen LogP contribution < -0.4 is 16.0 Å². The number of piperazine rings is 1. The topological polar surface area (TPSA) is 156 Å². The number of carbonyl (C=O) groups excluding carboxylic acids is 4. The van der Waals surface area contributed by atoms with Crippen LogP contribution in [0.3, 0.4) is 0 Å². The summed E-state index contributed by atoms with van der Waals surface area (Å²) in [6, 6.07) is 3.97. The minimum atomic E-state index is -4.69. The predicted molar refractivity (Wildman–Crippen MR) is 170 cm³/mol. The molecule has 0 radical (unpaired) electrons. The summed E-state index contributed by atoms with van der Waals surface area (Å²) in [4.78, 5) is 57.5. The number of benzene rings is 1. The Balaban J connectivity index is 1.05. The number of carbonyl (C=O) groups is 4. The van der Waals surface area contributed by atoms with Crippen LogP contribution in [0.25, 0.3) is 11.3 Å². The molecule has 2 aliphatic heterocycles. The highest BCUT2D eigenvalue weighted by molar-refractivity contribution is 6.34. The van der Waals surface area contributed by atoms with Crippen molar-refractivity contribution in [1.82, 2.24) is 39.8 Å². The average Bonchev–Trinajstić information content (AvgIpc) is 3.71. The van der Waals surface area contributed by atoms with E-state index in [2.05, 4.69) is 26.0 Å². The van der Waals surface area contributed by atoms with Gasteiger partial charge in [-0.05, 0) is 44.1 Å². The van der Waals surface area contributed by atoms with Gasteiger partial charge in [-0.15, -0.1) is 0 Å². The number of nitrogens with zero attached hydrogens (tertiary/aromatic N) is 6. The summed E-state index contributed by atoms with van der Waals surface area (Å²) in [5, 5.41) is 12.5. The first-order chi connectivity index (χ1) is 23.4. The number of halogens is 4. The van der Waals surface area contributed by atoms with E-state index in [1.807, 2.05) is 0 Å². The van der Waals surface area contributed by atoms with Gasteiger partial charge in [0.15, 0.2) is 11.5 Å². The lowest BCUT2D eigenvalue weighted by Crippen LogP contribution is -2.56. The minimum absolute atomic E-state index is 0.0739. The molecule has 1 aliphatic carbocycles. The number of urea groups is 1. The van der Waals surface area contributed by atoms with Gasteiger partial charge in [0.1, 0.15) is 5.60 Å². The molecule has 2 aromatic heterocycles. The molecule has 14 nitrogen and oxygen atoms in total. The van der Waals surface area contributed by atoms with E-state index in [4.69, 9.17) is 16.3 Å². The first-order valence-electron chi connectivity index (χ1n) is 15.8. The van der Waals surface area contributed by atoms with Crippen LogP contribution in [0.2, 0.25) is 5.02 Å². The van der Waals surface area contributed by atoms with Gasteiger partial charge < -0.3 is 35.1 Å². The number of imidazole rings is 1. The predicted octanol–water partition coefficient (Wildman–Crippen LogP) is 3.31. The highest BCUT2D eigenvalue weighted by Crippen LogP contribution is 2.41. The summed E-state index contributed by atoms with van der Waals surface area (Å²) in [5.74, 6) is -1.18. The van der Waals surface area contributed by atoms with Gasteiger partial charge in [-0.25, -0.2) is 9.78 Å². The van der Waals surface area contributed by atoms with Crippen molar-refractivity contribution in [3.63, 3.8) is 0 Å². The number of hydrogen-bond acceptors (Lipinski definition) is 8. The van der Waals surface area contributed by atoms with Crippen molar-refractivity contribution < 1.29 is 37.1 Å². The number of hydrogen-bond donors (Lipinski definition) is 3. The second kappa shape index (κ2) is 13.7. The van der Waals surface area contributed by atoms with Gasteiger partial charge >= 0.3 is 12.2 Å². The van der Waals surface area contributed by atoms with E-state index in [1.54, 1.807) is 9.80 Å². The third-order valence-corrected chi connectivity index (χ3v) is 9.39. The maximum absolute atomic E-state index is 13.8. The Morgan fingerprint density at radius 2 is 1.82 bits per heavy atom. The molecule has 49 heavy (non-hydrogen) atoms. The number of alkyl halides is 3. The molecule has 4 heterocycles. The lowest BCUT2D eigenvalue weighted by molar-refractivity contribution is -0.145. The zero-order chi connectivity index (χ0) is 34.9. The quantitative estimate of drug-likeness (QED) is 0.287. The SMILES string of the molecule is Cn1c(-c2cn(C3CC3)nc2C(F)(F)F)cnc1C(=O)Nc1ccc(C(=O)N2CCN(C(=O)NCC3(OC=O)CCNCC3)CC2)c(Cl)c1. The van der Waals surface area contributed by atoms with Crippen molar-refractivity contribution in [2.45, 2.75) is 43.5 Å². The molecule has 3 N–H and O–H groups in total. The number of ether oxygens (including phenoxy) is 1. The van der Waals surface area contributed by atoms with Crippen LogP contribution >= 0.6 is 11.6 Å². The molecule has 2 saturated heterocycles. The maximum Gasteiger partial charge on any atom is 0.435 e. The third-order valence-electron chi connectivity index (χ3n) is 9.07. The summed E-state index contributed by atoms with van der Waals surface area (Å²) >= 11 is 6.46. The zero-order valence-electron chi connectivity index (χ0n) is 26.6. The Bertz CT molecular complexity index is 1740. The largest absolute Gasteiger partial charge is 0.459 e. The van der Waals surface area contributed by atoms with Crippen LogP contribution in [0.4, 0.5) is 23.7 Å². The molecule has 0 spiro atoms. The number of aromatic nitrogens is 4. The first kappa shape index (κ1) is 34.2. The molecule has 0 bridgehead atoms. The molecule has 18 heteroatoms. The smallest absolute Gasteiger partial charge is 0.435 e.